The van der Waals surface area contributed by atoms with Crippen LogP contribution in [0.3, 0.4) is 0 Å². The van der Waals surface area contributed by atoms with Crippen molar-refractivity contribution < 1.29 is 9.53 Å². The highest BCUT2D eigenvalue weighted by atomic mass is 32.2. The Labute approximate surface area is 263 Å². The summed E-state index contributed by atoms with van der Waals surface area (Å²) in [7, 11) is 1.75. The van der Waals surface area contributed by atoms with Crippen LogP contribution in [0.2, 0.25) is 0 Å². The van der Waals surface area contributed by atoms with Crippen molar-refractivity contribution in [2.45, 2.75) is 33.1 Å². The molecule has 0 atom stereocenters. The smallest absolute Gasteiger partial charge is 0.296 e. The number of rotatable bonds is 5. The number of thioether (sulfide) groups is 1. The minimum atomic E-state index is -0.510. The number of hydrogen-bond donors (Lipinski definition) is 0. The number of anilines is 1. The van der Waals surface area contributed by atoms with Crippen LogP contribution in [0.1, 0.15) is 37.6 Å². The number of fused-ring (bicyclic) bond motifs is 1. The first-order chi connectivity index (χ1) is 21.0. The Morgan fingerprint density at radius 2 is 1.59 bits per heavy atom. The van der Waals surface area contributed by atoms with Crippen LogP contribution in [-0.4, -0.2) is 29.0 Å². The number of amides is 1. The van der Waals surface area contributed by atoms with Crippen LogP contribution >= 0.6 is 24.0 Å². The standard InChI is InChI=1S/C33H29N5O4S2/c1-20-27(31(41)38(35(20)5)22-11-7-6-8-12-22)37-30(40)25(44-32(37)43)19-24-28(34-26-13-9-10-18-36(26)29(24)39)42-23-16-14-21(15-17-23)33(2,3)4/h6-19H,1-5H3/b25-19+. The van der Waals surface area contributed by atoms with E-state index in [-0.39, 0.29) is 37.3 Å². The molecule has 0 radical (unpaired) electrons. The van der Waals surface area contributed by atoms with Crippen molar-refractivity contribution in [3.05, 3.63) is 121 Å². The van der Waals surface area contributed by atoms with Crippen molar-refractivity contribution in [1.29, 1.82) is 0 Å². The van der Waals surface area contributed by atoms with E-state index in [1.165, 1.54) is 20.1 Å². The lowest BCUT2D eigenvalue weighted by atomic mass is 9.87. The van der Waals surface area contributed by atoms with Gasteiger partial charge in [0.2, 0.25) is 5.88 Å². The van der Waals surface area contributed by atoms with Gasteiger partial charge < -0.3 is 4.74 Å². The van der Waals surface area contributed by atoms with Gasteiger partial charge in [-0.3, -0.25) is 28.4 Å². The molecule has 1 aliphatic rings. The van der Waals surface area contributed by atoms with Gasteiger partial charge in [-0.2, -0.15) is 4.98 Å². The highest BCUT2D eigenvalue weighted by Crippen LogP contribution is 2.37. The molecule has 0 spiro atoms. The predicted octanol–water partition coefficient (Wildman–Crippen LogP) is 5.99. The number of carbonyl (C=O) groups is 1. The van der Waals surface area contributed by atoms with Gasteiger partial charge in [0.25, 0.3) is 17.0 Å². The minimum Gasteiger partial charge on any atom is -0.438 e. The predicted molar refractivity (Wildman–Crippen MR) is 178 cm³/mol. The van der Waals surface area contributed by atoms with E-state index in [2.05, 4.69) is 25.8 Å². The van der Waals surface area contributed by atoms with Gasteiger partial charge in [-0.1, -0.05) is 81.1 Å². The molecule has 3 aromatic heterocycles. The third kappa shape index (κ3) is 5.07. The second kappa shape index (κ2) is 11.1. The number of benzene rings is 2. The Balaban J connectivity index is 1.43. The van der Waals surface area contributed by atoms with Crippen molar-refractivity contribution >= 4 is 51.6 Å². The van der Waals surface area contributed by atoms with Gasteiger partial charge >= 0.3 is 0 Å². The fourth-order valence-electron chi connectivity index (χ4n) is 5.02. The third-order valence-corrected chi connectivity index (χ3v) is 8.79. The normalized spacial score (nSPS) is 14.7. The summed E-state index contributed by atoms with van der Waals surface area (Å²) in [5.74, 6) is 0.0371. The highest BCUT2D eigenvalue weighted by Gasteiger charge is 2.38. The van der Waals surface area contributed by atoms with E-state index in [0.717, 1.165) is 17.3 Å². The van der Waals surface area contributed by atoms with Crippen molar-refractivity contribution in [2.24, 2.45) is 7.05 Å². The molecule has 222 valence electrons. The number of hydrogen-bond acceptors (Lipinski definition) is 7. The number of thiocarbonyl (C=S) groups is 1. The van der Waals surface area contributed by atoms with Gasteiger partial charge in [0.1, 0.15) is 22.6 Å². The maximum atomic E-state index is 13.9. The molecule has 0 saturated carbocycles. The summed E-state index contributed by atoms with van der Waals surface area (Å²) >= 11 is 6.62. The van der Waals surface area contributed by atoms with Crippen LogP contribution < -0.4 is 20.8 Å². The maximum absolute atomic E-state index is 13.9. The highest BCUT2D eigenvalue weighted by molar-refractivity contribution is 8.27. The average molecular weight is 624 g/mol. The molecule has 0 aliphatic carbocycles. The summed E-state index contributed by atoms with van der Waals surface area (Å²) in [5, 5.41) is 0. The number of pyridine rings is 1. The van der Waals surface area contributed by atoms with Crippen LogP contribution in [0.15, 0.2) is 93.5 Å². The summed E-state index contributed by atoms with van der Waals surface area (Å²) in [6.45, 7) is 8.12. The summed E-state index contributed by atoms with van der Waals surface area (Å²) in [6, 6.07) is 22.0. The summed E-state index contributed by atoms with van der Waals surface area (Å²) in [6.07, 6.45) is 3.05. The molecule has 1 fully saturated rings. The van der Waals surface area contributed by atoms with Gasteiger partial charge in [-0.15, -0.1) is 0 Å². The second-order valence-corrected chi connectivity index (χ2v) is 13.0. The molecule has 6 rings (SSSR count). The molecule has 4 heterocycles. The Morgan fingerprint density at radius 1 is 0.909 bits per heavy atom. The van der Waals surface area contributed by atoms with Crippen molar-refractivity contribution in [1.82, 2.24) is 18.7 Å². The van der Waals surface area contributed by atoms with E-state index < -0.39 is 11.5 Å². The van der Waals surface area contributed by atoms with E-state index >= 15 is 0 Å². The van der Waals surface area contributed by atoms with Crippen LogP contribution in [-0.2, 0) is 17.3 Å². The molecular weight excluding hydrogens is 595 g/mol. The zero-order chi connectivity index (χ0) is 31.3. The lowest BCUT2D eigenvalue weighted by molar-refractivity contribution is -0.113. The second-order valence-electron chi connectivity index (χ2n) is 11.4. The zero-order valence-corrected chi connectivity index (χ0v) is 26.4. The SMILES string of the molecule is Cc1c(N2C(=O)/C(=C\c3c(Oc4ccc(C(C)(C)C)cc4)nc4ccccn4c3=O)SC2=S)c(=O)n(-c2ccccc2)n1C. The molecule has 9 nitrogen and oxygen atoms in total. The van der Waals surface area contributed by atoms with E-state index in [9.17, 15) is 14.4 Å². The van der Waals surface area contributed by atoms with Gasteiger partial charge in [0.15, 0.2) is 4.32 Å². The number of para-hydroxylation sites is 1. The van der Waals surface area contributed by atoms with Gasteiger partial charge in [-0.05, 0) is 60.4 Å². The Morgan fingerprint density at radius 3 is 2.27 bits per heavy atom. The first kappa shape index (κ1) is 29.3. The Bertz CT molecular complexity index is 2100. The molecule has 1 amide bonds. The minimum absolute atomic E-state index is 0.0418. The molecular formula is C33H29N5O4S2. The van der Waals surface area contributed by atoms with E-state index in [0.29, 0.717) is 22.8 Å². The van der Waals surface area contributed by atoms with Crippen LogP contribution in [0, 0.1) is 6.92 Å². The molecule has 0 N–H and O–H groups in total. The molecule has 44 heavy (non-hydrogen) atoms. The average Bonchev–Trinajstić information content (AvgIpc) is 3.39. The fourth-order valence-corrected chi connectivity index (χ4v) is 6.27. The van der Waals surface area contributed by atoms with Gasteiger partial charge in [0.05, 0.1) is 16.3 Å². The van der Waals surface area contributed by atoms with E-state index in [1.54, 1.807) is 43.0 Å². The first-order valence-corrected chi connectivity index (χ1v) is 15.1. The molecule has 11 heteroatoms. The van der Waals surface area contributed by atoms with Gasteiger partial charge in [0, 0.05) is 13.2 Å². The Kier molecular flexibility index (Phi) is 7.38. The molecule has 0 bridgehead atoms. The van der Waals surface area contributed by atoms with E-state index in [4.69, 9.17) is 17.0 Å². The lowest BCUT2D eigenvalue weighted by Gasteiger charge is -2.19. The molecule has 1 saturated heterocycles. The lowest BCUT2D eigenvalue weighted by Crippen LogP contribution is -2.33. The number of aromatic nitrogens is 4. The summed E-state index contributed by atoms with van der Waals surface area (Å²) in [5.41, 5.74) is 2.14. The Hall–Kier alpha value is -4.74. The molecule has 5 aromatic rings. The summed E-state index contributed by atoms with van der Waals surface area (Å²) < 4.78 is 10.9. The molecule has 2 aromatic carbocycles. The number of nitrogens with zero attached hydrogens (tertiary/aromatic N) is 5. The van der Waals surface area contributed by atoms with Crippen LogP contribution in [0.25, 0.3) is 17.4 Å². The van der Waals surface area contributed by atoms with Crippen LogP contribution in [0.5, 0.6) is 11.6 Å². The number of ether oxygens (including phenoxy) is 1. The first-order valence-electron chi connectivity index (χ1n) is 13.9. The van der Waals surface area contributed by atoms with Crippen molar-refractivity contribution in [2.75, 3.05) is 4.90 Å². The van der Waals surface area contributed by atoms with E-state index in [1.807, 2.05) is 54.6 Å². The molecule has 1 aliphatic heterocycles. The molecule has 0 unspecified atom stereocenters. The largest absolute Gasteiger partial charge is 0.438 e. The zero-order valence-electron chi connectivity index (χ0n) is 24.8. The van der Waals surface area contributed by atoms with Crippen LogP contribution in [0.4, 0.5) is 5.69 Å². The topological polar surface area (TPSA) is 90.8 Å². The third-order valence-electron chi connectivity index (χ3n) is 7.49. The quantitative estimate of drug-likeness (QED) is 0.176. The maximum Gasteiger partial charge on any atom is 0.296 e. The number of carbonyl (C=O) groups excluding carboxylic acids is 1. The summed E-state index contributed by atoms with van der Waals surface area (Å²) in [4.78, 5) is 47.3. The fraction of sp³-hybridized carbons (Fsp3) is 0.182. The van der Waals surface area contributed by atoms with Gasteiger partial charge in [-0.25, -0.2) is 4.68 Å². The van der Waals surface area contributed by atoms with Crippen molar-refractivity contribution in [3.8, 4) is 17.3 Å². The van der Waals surface area contributed by atoms with Crippen molar-refractivity contribution in [3.63, 3.8) is 0 Å². The monoisotopic (exact) mass is 623 g/mol.